The number of nitro groups is 1. The zero-order chi connectivity index (χ0) is 20.3. The number of aryl methyl sites for hydroxylation is 2. The molecule has 1 amide bonds. The molecule has 28 heavy (non-hydrogen) atoms. The van der Waals surface area contributed by atoms with E-state index in [-0.39, 0.29) is 11.7 Å². The third kappa shape index (κ3) is 4.08. The Labute approximate surface area is 162 Å². The van der Waals surface area contributed by atoms with E-state index in [1.165, 1.54) is 16.3 Å². The Balaban J connectivity index is 1.72. The highest BCUT2D eigenvalue weighted by atomic mass is 16.6. The van der Waals surface area contributed by atoms with Crippen LogP contribution in [-0.4, -0.2) is 30.4 Å². The molecule has 1 atom stereocenters. The van der Waals surface area contributed by atoms with Gasteiger partial charge in [0.05, 0.1) is 23.4 Å². The number of nitrogens with one attached hydrogen (secondary N) is 1. The summed E-state index contributed by atoms with van der Waals surface area (Å²) in [6, 6.07) is 10.5. The van der Waals surface area contributed by atoms with Gasteiger partial charge in [0.2, 0.25) is 0 Å². The Morgan fingerprint density at radius 2 is 2.00 bits per heavy atom. The monoisotopic (exact) mass is 382 g/mol. The van der Waals surface area contributed by atoms with Gasteiger partial charge in [-0.15, -0.1) is 0 Å². The SMILES string of the molecule is CCC(C(=O)Nc1ccn(Cc2ccccc2C)n1)n1nc([N+](=O)[O-])cc1C. The summed E-state index contributed by atoms with van der Waals surface area (Å²) in [5, 5.41) is 22.1. The van der Waals surface area contributed by atoms with Crippen LogP contribution in [0, 0.1) is 24.0 Å². The van der Waals surface area contributed by atoms with Crippen LogP contribution in [0.4, 0.5) is 11.6 Å². The fourth-order valence-electron chi connectivity index (χ4n) is 3.03. The number of hydrogen-bond donors (Lipinski definition) is 1. The van der Waals surface area contributed by atoms with Gasteiger partial charge < -0.3 is 15.4 Å². The van der Waals surface area contributed by atoms with Crippen LogP contribution >= 0.6 is 0 Å². The van der Waals surface area contributed by atoms with Crippen molar-refractivity contribution in [3.8, 4) is 0 Å². The van der Waals surface area contributed by atoms with Gasteiger partial charge in [-0.3, -0.25) is 9.48 Å². The number of amides is 1. The standard InChI is InChI=1S/C19H22N6O3/c1-4-16(24-14(3)11-18(22-24)25(27)28)19(26)20-17-9-10-23(21-17)12-15-8-6-5-7-13(15)2/h5-11,16H,4,12H2,1-3H3,(H,20,21,26). The average molecular weight is 382 g/mol. The zero-order valence-electron chi connectivity index (χ0n) is 16.0. The van der Waals surface area contributed by atoms with Crippen LogP contribution in [0.1, 0.15) is 36.2 Å². The summed E-state index contributed by atoms with van der Waals surface area (Å²) in [6.07, 6.45) is 2.24. The number of carbonyl (C=O) groups is 1. The van der Waals surface area contributed by atoms with Crippen molar-refractivity contribution in [2.45, 2.75) is 39.8 Å². The minimum atomic E-state index is -0.657. The highest BCUT2D eigenvalue weighted by Crippen LogP contribution is 2.20. The van der Waals surface area contributed by atoms with E-state index in [1.807, 2.05) is 38.1 Å². The second-order valence-electron chi connectivity index (χ2n) is 6.58. The molecule has 1 aromatic carbocycles. The molecule has 2 aromatic heterocycles. The molecule has 9 heteroatoms. The second-order valence-corrected chi connectivity index (χ2v) is 6.58. The highest BCUT2D eigenvalue weighted by Gasteiger charge is 2.27. The average Bonchev–Trinajstić information content (AvgIpc) is 3.25. The van der Waals surface area contributed by atoms with E-state index in [1.54, 1.807) is 23.9 Å². The largest absolute Gasteiger partial charge is 0.390 e. The number of aromatic nitrogens is 4. The van der Waals surface area contributed by atoms with Gasteiger partial charge in [0.1, 0.15) is 0 Å². The fourth-order valence-corrected chi connectivity index (χ4v) is 3.03. The summed E-state index contributed by atoms with van der Waals surface area (Å²) in [7, 11) is 0. The molecule has 0 bridgehead atoms. The van der Waals surface area contributed by atoms with E-state index in [0.29, 0.717) is 24.5 Å². The first-order chi connectivity index (χ1) is 13.4. The summed E-state index contributed by atoms with van der Waals surface area (Å²) in [5.41, 5.74) is 2.87. The van der Waals surface area contributed by atoms with Crippen LogP contribution in [0.25, 0.3) is 0 Å². The first-order valence-corrected chi connectivity index (χ1v) is 8.98. The maximum Gasteiger partial charge on any atom is 0.390 e. The molecule has 3 rings (SSSR count). The van der Waals surface area contributed by atoms with Gasteiger partial charge in [0, 0.05) is 12.3 Å². The number of benzene rings is 1. The zero-order valence-corrected chi connectivity index (χ0v) is 16.0. The Kier molecular flexibility index (Phi) is 5.53. The molecule has 1 unspecified atom stereocenters. The van der Waals surface area contributed by atoms with Gasteiger partial charge in [-0.05, 0) is 36.3 Å². The van der Waals surface area contributed by atoms with Crippen LogP contribution in [0.2, 0.25) is 0 Å². The highest BCUT2D eigenvalue weighted by molar-refractivity contribution is 5.92. The molecule has 146 valence electrons. The van der Waals surface area contributed by atoms with Gasteiger partial charge >= 0.3 is 5.82 Å². The smallest absolute Gasteiger partial charge is 0.358 e. The van der Waals surface area contributed by atoms with Crippen LogP contribution in [0.3, 0.4) is 0 Å². The summed E-state index contributed by atoms with van der Waals surface area (Å²) < 4.78 is 3.14. The Bertz CT molecular complexity index is 1010. The molecule has 2 heterocycles. The van der Waals surface area contributed by atoms with Crippen molar-refractivity contribution < 1.29 is 9.72 Å². The van der Waals surface area contributed by atoms with Gasteiger partial charge in [-0.1, -0.05) is 31.2 Å². The van der Waals surface area contributed by atoms with Gasteiger partial charge in [0.15, 0.2) is 11.9 Å². The van der Waals surface area contributed by atoms with Crippen LogP contribution < -0.4 is 5.32 Å². The van der Waals surface area contributed by atoms with E-state index in [4.69, 9.17) is 0 Å². The molecule has 3 aromatic rings. The van der Waals surface area contributed by atoms with Gasteiger partial charge in [-0.2, -0.15) is 9.78 Å². The second kappa shape index (κ2) is 8.03. The number of hydrogen-bond acceptors (Lipinski definition) is 5. The molecule has 0 saturated heterocycles. The minimum absolute atomic E-state index is 0.272. The van der Waals surface area contributed by atoms with Crippen molar-refractivity contribution in [3.63, 3.8) is 0 Å². The Morgan fingerprint density at radius 3 is 2.64 bits per heavy atom. The Hall–Kier alpha value is -3.49. The minimum Gasteiger partial charge on any atom is -0.358 e. The number of carbonyl (C=O) groups excluding carboxylic acids is 1. The van der Waals surface area contributed by atoms with E-state index >= 15 is 0 Å². The van der Waals surface area contributed by atoms with Gasteiger partial charge in [-0.25, -0.2) is 0 Å². The first kappa shape index (κ1) is 19.3. The van der Waals surface area contributed by atoms with Crippen molar-refractivity contribution in [2.75, 3.05) is 5.32 Å². The number of nitrogens with zero attached hydrogens (tertiary/aromatic N) is 5. The van der Waals surface area contributed by atoms with Crippen LogP contribution in [0.5, 0.6) is 0 Å². The molecule has 0 fully saturated rings. The Morgan fingerprint density at radius 1 is 1.25 bits per heavy atom. The molecule has 9 nitrogen and oxygen atoms in total. The normalized spacial score (nSPS) is 12.0. The molecule has 0 spiro atoms. The lowest BCUT2D eigenvalue weighted by atomic mass is 10.1. The third-order valence-electron chi connectivity index (χ3n) is 4.57. The fraction of sp³-hybridized carbons (Fsp3) is 0.316. The molecular weight excluding hydrogens is 360 g/mol. The third-order valence-corrected chi connectivity index (χ3v) is 4.57. The van der Waals surface area contributed by atoms with Crippen molar-refractivity contribution in [1.29, 1.82) is 0 Å². The van der Waals surface area contributed by atoms with Crippen LogP contribution in [-0.2, 0) is 11.3 Å². The number of anilines is 1. The molecule has 0 aliphatic rings. The predicted molar refractivity (Wildman–Crippen MR) is 104 cm³/mol. The molecule has 0 aliphatic heterocycles. The lowest BCUT2D eigenvalue weighted by molar-refractivity contribution is -0.389. The molecular formula is C19H22N6O3. The van der Waals surface area contributed by atoms with E-state index in [2.05, 4.69) is 15.5 Å². The van der Waals surface area contributed by atoms with E-state index in [9.17, 15) is 14.9 Å². The molecule has 0 saturated carbocycles. The number of rotatable bonds is 7. The van der Waals surface area contributed by atoms with Gasteiger partial charge in [0.25, 0.3) is 5.91 Å². The quantitative estimate of drug-likeness (QED) is 0.498. The van der Waals surface area contributed by atoms with Crippen LogP contribution in [0.15, 0.2) is 42.6 Å². The molecule has 1 N–H and O–H groups in total. The van der Waals surface area contributed by atoms with Crippen molar-refractivity contribution in [3.05, 3.63) is 69.5 Å². The van der Waals surface area contributed by atoms with E-state index in [0.717, 1.165) is 5.56 Å². The van der Waals surface area contributed by atoms with Crippen molar-refractivity contribution in [1.82, 2.24) is 19.6 Å². The summed E-state index contributed by atoms with van der Waals surface area (Å²) in [6.45, 7) is 6.16. The van der Waals surface area contributed by atoms with E-state index < -0.39 is 11.0 Å². The van der Waals surface area contributed by atoms with Crippen molar-refractivity contribution in [2.24, 2.45) is 0 Å². The molecule has 0 radical (unpaired) electrons. The first-order valence-electron chi connectivity index (χ1n) is 8.98. The maximum atomic E-state index is 12.7. The lowest BCUT2D eigenvalue weighted by Crippen LogP contribution is -2.27. The summed E-state index contributed by atoms with van der Waals surface area (Å²) in [4.78, 5) is 23.1. The van der Waals surface area contributed by atoms with Crippen molar-refractivity contribution >= 4 is 17.5 Å². The summed E-state index contributed by atoms with van der Waals surface area (Å²) in [5.74, 6) is -0.160. The predicted octanol–water partition coefficient (Wildman–Crippen LogP) is 3.24. The molecule has 0 aliphatic carbocycles. The summed E-state index contributed by atoms with van der Waals surface area (Å²) >= 11 is 0. The maximum absolute atomic E-state index is 12.7. The topological polar surface area (TPSA) is 108 Å². The lowest BCUT2D eigenvalue weighted by Gasteiger charge is -2.13.